The molecule has 1 fully saturated rings. The lowest BCUT2D eigenvalue weighted by molar-refractivity contribution is 0.0696. The number of aliphatic hydroxyl groups is 1. The molecule has 1 aliphatic rings. The number of carbonyl (C=O) groups is 1. The Morgan fingerprint density at radius 1 is 1.38 bits per heavy atom. The zero-order chi connectivity index (χ0) is 18.3. The van der Waals surface area contributed by atoms with Gasteiger partial charge in [-0.2, -0.15) is 4.31 Å². The third-order valence-electron chi connectivity index (χ3n) is 3.74. The van der Waals surface area contributed by atoms with E-state index in [1.807, 2.05) is 0 Å². The van der Waals surface area contributed by atoms with Crippen molar-refractivity contribution in [3.8, 4) is 0 Å². The molecule has 0 radical (unpaired) electrons. The van der Waals surface area contributed by atoms with Crippen molar-refractivity contribution in [1.82, 2.24) is 4.31 Å². The van der Waals surface area contributed by atoms with Gasteiger partial charge in [0.2, 0.25) is 10.0 Å². The minimum absolute atomic E-state index is 0.104. The quantitative estimate of drug-likeness (QED) is 0.726. The summed E-state index contributed by atoms with van der Waals surface area (Å²) in [4.78, 5) is 10.6. The maximum atomic E-state index is 12.8. The van der Waals surface area contributed by atoms with Crippen LogP contribution in [0.2, 0.25) is 5.02 Å². The molecule has 134 valence electrons. The number of sulfonamides is 1. The number of carboxylic acids is 1. The summed E-state index contributed by atoms with van der Waals surface area (Å²) in [7, 11) is -7.85. The van der Waals surface area contributed by atoms with Gasteiger partial charge in [-0.3, -0.25) is 0 Å². The molecule has 0 aromatic heterocycles. The van der Waals surface area contributed by atoms with Crippen molar-refractivity contribution in [3.63, 3.8) is 0 Å². The number of nitrogens with zero attached hydrogens (tertiary/aromatic N) is 1. The summed E-state index contributed by atoms with van der Waals surface area (Å²) in [6.07, 6.45) is -1.36. The first-order chi connectivity index (χ1) is 11.0. The highest BCUT2D eigenvalue weighted by atomic mass is 35.5. The van der Waals surface area contributed by atoms with E-state index in [0.717, 1.165) is 22.5 Å². The number of benzene rings is 1. The van der Waals surface area contributed by atoms with Crippen LogP contribution in [0.1, 0.15) is 17.3 Å². The Hall–Kier alpha value is -1.20. The van der Waals surface area contributed by atoms with Gasteiger partial charge in [-0.25, -0.2) is 21.6 Å². The standard InChI is InChI=1S/C13H16ClNO7S2/c1-2-15(10-6-23(19,20)7-11(10)16)24(21,22)12-5-8(13(17)18)3-4-9(12)14/h3-5,10-11,16H,2,6-7H2,1H3,(H,17,18)/t10-,11+/m0/s1. The fourth-order valence-corrected chi connectivity index (χ4v) is 6.69. The van der Waals surface area contributed by atoms with Crippen molar-refractivity contribution in [2.24, 2.45) is 0 Å². The highest BCUT2D eigenvalue weighted by molar-refractivity contribution is 7.92. The third kappa shape index (κ3) is 3.57. The first-order valence-electron chi connectivity index (χ1n) is 6.93. The van der Waals surface area contributed by atoms with Crippen LogP contribution in [0.3, 0.4) is 0 Å². The molecule has 1 heterocycles. The van der Waals surface area contributed by atoms with E-state index in [1.165, 1.54) is 6.92 Å². The number of carboxylic acid groups (broad SMARTS) is 1. The number of rotatable bonds is 5. The summed E-state index contributed by atoms with van der Waals surface area (Å²) >= 11 is 5.91. The second-order valence-corrected chi connectivity index (χ2v) is 9.79. The van der Waals surface area contributed by atoms with Crippen LogP contribution in [0.4, 0.5) is 0 Å². The third-order valence-corrected chi connectivity index (χ3v) is 7.92. The van der Waals surface area contributed by atoms with Crippen molar-refractivity contribution >= 4 is 37.4 Å². The van der Waals surface area contributed by atoms with Crippen LogP contribution in [0.5, 0.6) is 0 Å². The Bertz CT molecular complexity index is 866. The van der Waals surface area contributed by atoms with E-state index in [0.29, 0.717) is 0 Å². The lowest BCUT2D eigenvalue weighted by Gasteiger charge is -2.28. The van der Waals surface area contributed by atoms with E-state index in [2.05, 4.69) is 0 Å². The van der Waals surface area contributed by atoms with Gasteiger partial charge < -0.3 is 10.2 Å². The summed E-state index contributed by atoms with van der Waals surface area (Å²) in [6, 6.07) is 2.08. The molecule has 11 heteroatoms. The lowest BCUT2D eigenvalue weighted by atomic mass is 10.2. The van der Waals surface area contributed by atoms with Crippen molar-refractivity contribution in [3.05, 3.63) is 28.8 Å². The molecule has 1 aromatic carbocycles. The predicted molar refractivity (Wildman–Crippen MR) is 86.4 cm³/mol. The van der Waals surface area contributed by atoms with Crippen LogP contribution in [-0.4, -0.2) is 67.5 Å². The van der Waals surface area contributed by atoms with Gasteiger partial charge in [0, 0.05) is 6.54 Å². The Morgan fingerprint density at radius 2 is 2.00 bits per heavy atom. The average Bonchev–Trinajstić information content (AvgIpc) is 2.72. The SMILES string of the molecule is CCN([C@H]1CS(=O)(=O)C[C@H]1O)S(=O)(=O)c1cc(C(=O)O)ccc1Cl. The Morgan fingerprint density at radius 3 is 2.46 bits per heavy atom. The van der Waals surface area contributed by atoms with Crippen LogP contribution in [0, 0.1) is 0 Å². The molecule has 0 unspecified atom stereocenters. The smallest absolute Gasteiger partial charge is 0.335 e. The first kappa shape index (κ1) is 19.1. The second-order valence-electron chi connectivity index (χ2n) is 5.37. The second kappa shape index (κ2) is 6.60. The Labute approximate surface area is 144 Å². The molecule has 8 nitrogen and oxygen atoms in total. The molecule has 1 aliphatic heterocycles. The predicted octanol–water partition coefficient (Wildman–Crippen LogP) is 0.207. The van der Waals surface area contributed by atoms with Crippen molar-refractivity contribution in [2.75, 3.05) is 18.1 Å². The molecule has 24 heavy (non-hydrogen) atoms. The van der Waals surface area contributed by atoms with E-state index in [4.69, 9.17) is 16.7 Å². The summed E-state index contributed by atoms with van der Waals surface area (Å²) in [5.41, 5.74) is -0.270. The molecule has 1 saturated heterocycles. The normalized spacial score (nSPS) is 23.5. The first-order valence-corrected chi connectivity index (χ1v) is 10.6. The van der Waals surface area contributed by atoms with Crippen molar-refractivity contribution in [2.45, 2.75) is 24.0 Å². The maximum Gasteiger partial charge on any atom is 0.335 e. The number of aromatic carboxylic acids is 1. The minimum atomic E-state index is -4.29. The summed E-state index contributed by atoms with van der Waals surface area (Å²) < 4.78 is 49.9. The molecule has 2 rings (SSSR count). The van der Waals surface area contributed by atoms with Crippen LogP contribution < -0.4 is 0 Å². The zero-order valence-corrected chi connectivity index (χ0v) is 15.0. The Balaban J connectivity index is 2.52. The van der Waals surface area contributed by atoms with Crippen LogP contribution in [-0.2, 0) is 19.9 Å². The number of hydrogen-bond acceptors (Lipinski definition) is 6. The molecule has 2 atom stereocenters. The van der Waals surface area contributed by atoms with E-state index >= 15 is 0 Å². The molecule has 0 aliphatic carbocycles. The largest absolute Gasteiger partial charge is 0.478 e. The van der Waals surface area contributed by atoms with Gasteiger partial charge in [-0.1, -0.05) is 18.5 Å². The number of aliphatic hydroxyl groups excluding tert-OH is 1. The van der Waals surface area contributed by atoms with E-state index in [-0.39, 0.29) is 17.1 Å². The van der Waals surface area contributed by atoms with Crippen molar-refractivity contribution in [1.29, 1.82) is 0 Å². The maximum absolute atomic E-state index is 12.8. The van der Waals surface area contributed by atoms with Gasteiger partial charge in [0.05, 0.1) is 34.2 Å². The van der Waals surface area contributed by atoms with Crippen LogP contribution in [0.25, 0.3) is 0 Å². The number of likely N-dealkylation sites (N-methyl/N-ethyl adjacent to an activating group) is 1. The van der Waals surface area contributed by atoms with Gasteiger partial charge >= 0.3 is 5.97 Å². The average molecular weight is 398 g/mol. The van der Waals surface area contributed by atoms with Gasteiger partial charge in [0.15, 0.2) is 9.84 Å². The van der Waals surface area contributed by atoms with Crippen LogP contribution in [0.15, 0.2) is 23.1 Å². The van der Waals surface area contributed by atoms with E-state index < -0.39 is 54.4 Å². The summed E-state index contributed by atoms with van der Waals surface area (Å²) in [5.74, 6) is -2.35. The Kier molecular flexibility index (Phi) is 5.26. The van der Waals surface area contributed by atoms with Crippen LogP contribution >= 0.6 is 11.6 Å². The van der Waals surface area contributed by atoms with E-state index in [1.54, 1.807) is 0 Å². The summed E-state index contributed by atoms with van der Waals surface area (Å²) in [6.45, 7) is 1.39. The molecular formula is C13H16ClNO7S2. The van der Waals surface area contributed by atoms with Crippen molar-refractivity contribution < 1.29 is 31.8 Å². The number of sulfone groups is 1. The summed E-state index contributed by atoms with van der Waals surface area (Å²) in [5, 5.41) is 18.8. The molecule has 0 bridgehead atoms. The molecule has 0 saturated carbocycles. The molecule has 1 aromatic rings. The van der Waals surface area contributed by atoms with Gasteiger partial charge in [0.25, 0.3) is 0 Å². The lowest BCUT2D eigenvalue weighted by Crippen LogP contribution is -2.46. The minimum Gasteiger partial charge on any atom is -0.478 e. The fourth-order valence-electron chi connectivity index (χ4n) is 2.63. The fraction of sp³-hybridized carbons (Fsp3) is 0.462. The number of hydrogen-bond donors (Lipinski definition) is 2. The topological polar surface area (TPSA) is 129 Å². The molecule has 2 N–H and O–H groups in total. The highest BCUT2D eigenvalue weighted by Crippen LogP contribution is 2.30. The van der Waals surface area contributed by atoms with Gasteiger partial charge in [-0.05, 0) is 18.2 Å². The molecule has 0 amide bonds. The molecule has 0 spiro atoms. The molecular weight excluding hydrogens is 382 g/mol. The van der Waals surface area contributed by atoms with Gasteiger partial charge in [0.1, 0.15) is 4.90 Å². The zero-order valence-electron chi connectivity index (χ0n) is 12.6. The highest BCUT2D eigenvalue weighted by Gasteiger charge is 2.44. The van der Waals surface area contributed by atoms with Gasteiger partial charge in [-0.15, -0.1) is 0 Å². The van der Waals surface area contributed by atoms with E-state index in [9.17, 15) is 26.7 Å². The number of halogens is 1. The monoisotopic (exact) mass is 397 g/mol.